The highest BCUT2D eigenvalue weighted by Gasteiger charge is 2.17. The molecule has 0 heterocycles. The van der Waals surface area contributed by atoms with Gasteiger partial charge in [-0.25, -0.2) is 0 Å². The highest BCUT2D eigenvalue weighted by Crippen LogP contribution is 2.29. The van der Waals surface area contributed by atoms with Crippen LogP contribution in [-0.2, 0) is 21.3 Å². The Morgan fingerprint density at radius 1 is 1.53 bits per heavy atom. The minimum Gasteiger partial charge on any atom is -0.469 e. The molecule has 1 rings (SSSR count). The van der Waals surface area contributed by atoms with Crippen LogP contribution < -0.4 is 0 Å². The molecule has 92 valence electrons. The Labute approximate surface area is 111 Å². The molecular weight excluding hydrogens is 313 g/mol. The lowest BCUT2D eigenvalue weighted by molar-refractivity contribution is -0.384. The standard InChI is InChI=1S/C10H9BrClNO4/c1-17-10(14)4-6-2-8(12)9(13(15)16)3-7(6)5-11/h2-3H,4-5H2,1H3. The summed E-state index contributed by atoms with van der Waals surface area (Å²) in [5.41, 5.74) is 1.09. The van der Waals surface area contributed by atoms with Crippen LogP contribution in [0.15, 0.2) is 12.1 Å². The maximum Gasteiger partial charge on any atom is 0.309 e. The average molecular weight is 323 g/mol. The molecule has 0 unspecified atom stereocenters. The van der Waals surface area contributed by atoms with Crippen molar-refractivity contribution < 1.29 is 14.5 Å². The molecule has 1 aromatic rings. The van der Waals surface area contributed by atoms with Crippen LogP contribution >= 0.6 is 27.5 Å². The molecule has 0 fully saturated rings. The van der Waals surface area contributed by atoms with Crippen LogP contribution in [0.3, 0.4) is 0 Å². The first-order chi connectivity index (χ1) is 7.99. The molecule has 0 atom stereocenters. The topological polar surface area (TPSA) is 69.4 Å². The SMILES string of the molecule is COC(=O)Cc1cc(Cl)c([N+](=O)[O-])cc1CBr. The lowest BCUT2D eigenvalue weighted by Gasteiger charge is -2.07. The summed E-state index contributed by atoms with van der Waals surface area (Å²) in [6.07, 6.45) is 0.0369. The summed E-state index contributed by atoms with van der Waals surface area (Å²) >= 11 is 8.98. The van der Waals surface area contributed by atoms with Crippen molar-refractivity contribution in [2.45, 2.75) is 11.8 Å². The molecular formula is C10H9BrClNO4. The Kier molecular flexibility index (Phi) is 4.89. The van der Waals surface area contributed by atoms with Gasteiger partial charge in [0.2, 0.25) is 0 Å². The third kappa shape index (κ3) is 3.41. The molecule has 5 nitrogen and oxygen atoms in total. The molecule has 0 aliphatic heterocycles. The first kappa shape index (κ1) is 13.9. The Balaban J connectivity index is 3.18. The van der Waals surface area contributed by atoms with E-state index in [0.29, 0.717) is 16.5 Å². The highest BCUT2D eigenvalue weighted by molar-refractivity contribution is 9.08. The number of carbonyl (C=O) groups excluding carboxylic acids is 1. The number of nitro benzene ring substituents is 1. The zero-order valence-electron chi connectivity index (χ0n) is 8.91. The zero-order chi connectivity index (χ0) is 13.0. The average Bonchev–Trinajstić information content (AvgIpc) is 2.28. The molecule has 0 aliphatic carbocycles. The van der Waals surface area contributed by atoms with Crippen LogP contribution in [0.2, 0.25) is 5.02 Å². The van der Waals surface area contributed by atoms with Crippen LogP contribution in [-0.4, -0.2) is 18.0 Å². The van der Waals surface area contributed by atoms with E-state index < -0.39 is 10.9 Å². The van der Waals surface area contributed by atoms with E-state index in [-0.39, 0.29) is 17.1 Å². The molecule has 0 N–H and O–H groups in total. The van der Waals surface area contributed by atoms with Crippen LogP contribution in [0.1, 0.15) is 11.1 Å². The van der Waals surface area contributed by atoms with Gasteiger partial charge >= 0.3 is 5.97 Å². The van der Waals surface area contributed by atoms with Crippen LogP contribution in [0, 0.1) is 10.1 Å². The number of rotatable bonds is 4. The van der Waals surface area contributed by atoms with Gasteiger partial charge in [0, 0.05) is 11.4 Å². The zero-order valence-corrected chi connectivity index (χ0v) is 11.2. The molecule has 0 spiro atoms. The lowest BCUT2D eigenvalue weighted by atomic mass is 10.1. The van der Waals surface area contributed by atoms with E-state index in [4.69, 9.17) is 11.6 Å². The molecule has 0 aromatic heterocycles. The van der Waals surface area contributed by atoms with E-state index in [1.165, 1.54) is 19.2 Å². The van der Waals surface area contributed by atoms with Crippen molar-refractivity contribution in [3.8, 4) is 0 Å². The second-order valence-electron chi connectivity index (χ2n) is 3.22. The number of carbonyl (C=O) groups is 1. The van der Waals surface area contributed by atoms with E-state index in [1.54, 1.807) is 0 Å². The fourth-order valence-corrected chi connectivity index (χ4v) is 2.08. The minimum atomic E-state index is -0.559. The fourth-order valence-electron chi connectivity index (χ4n) is 1.30. The van der Waals surface area contributed by atoms with Crippen molar-refractivity contribution in [2.24, 2.45) is 0 Å². The third-order valence-corrected chi connectivity index (χ3v) is 3.08. The van der Waals surface area contributed by atoms with Gasteiger partial charge in [0.1, 0.15) is 5.02 Å². The van der Waals surface area contributed by atoms with Gasteiger partial charge in [-0.05, 0) is 17.2 Å². The van der Waals surface area contributed by atoms with Gasteiger partial charge in [0.25, 0.3) is 5.69 Å². The summed E-state index contributed by atoms with van der Waals surface area (Å²) in [6.45, 7) is 0. The normalized spacial score (nSPS) is 10.1. The lowest BCUT2D eigenvalue weighted by Crippen LogP contribution is -2.07. The van der Waals surface area contributed by atoms with Gasteiger partial charge in [-0.1, -0.05) is 27.5 Å². The summed E-state index contributed by atoms with van der Waals surface area (Å²) in [7, 11) is 1.28. The largest absolute Gasteiger partial charge is 0.469 e. The Morgan fingerprint density at radius 3 is 2.65 bits per heavy atom. The van der Waals surface area contributed by atoms with Gasteiger partial charge in [0.15, 0.2) is 0 Å². The Morgan fingerprint density at radius 2 is 2.18 bits per heavy atom. The molecule has 0 bridgehead atoms. The second-order valence-corrected chi connectivity index (χ2v) is 4.18. The summed E-state index contributed by atoms with van der Waals surface area (Å²) in [6, 6.07) is 2.78. The van der Waals surface area contributed by atoms with Crippen molar-refractivity contribution in [1.82, 2.24) is 0 Å². The molecule has 0 saturated heterocycles. The van der Waals surface area contributed by atoms with Crippen molar-refractivity contribution in [1.29, 1.82) is 0 Å². The van der Waals surface area contributed by atoms with Crippen molar-refractivity contribution in [3.05, 3.63) is 38.4 Å². The van der Waals surface area contributed by atoms with Crippen LogP contribution in [0.25, 0.3) is 0 Å². The summed E-state index contributed by atoms with van der Waals surface area (Å²) in [5, 5.41) is 11.1. The number of benzene rings is 1. The van der Waals surface area contributed by atoms with Gasteiger partial charge in [0.05, 0.1) is 18.5 Å². The van der Waals surface area contributed by atoms with E-state index in [9.17, 15) is 14.9 Å². The predicted molar refractivity (Wildman–Crippen MR) is 66.5 cm³/mol. The van der Waals surface area contributed by atoms with Gasteiger partial charge in [-0.3, -0.25) is 14.9 Å². The molecule has 0 saturated carbocycles. The molecule has 1 aromatic carbocycles. The minimum absolute atomic E-state index is 0.0126. The predicted octanol–water partition coefficient (Wildman–Crippen LogP) is 2.86. The summed E-state index contributed by atoms with van der Waals surface area (Å²) in [4.78, 5) is 21.3. The first-order valence-corrected chi connectivity index (χ1v) is 6.08. The molecule has 0 aliphatic rings. The Bertz CT molecular complexity index is 464. The van der Waals surface area contributed by atoms with Gasteiger partial charge in [-0.15, -0.1) is 0 Å². The van der Waals surface area contributed by atoms with Crippen molar-refractivity contribution >= 4 is 39.2 Å². The number of methoxy groups -OCH3 is 1. The van der Waals surface area contributed by atoms with Crippen molar-refractivity contribution in [2.75, 3.05) is 7.11 Å². The number of nitro groups is 1. The molecule has 17 heavy (non-hydrogen) atoms. The fraction of sp³-hybridized carbons (Fsp3) is 0.300. The second kappa shape index (κ2) is 5.97. The molecule has 0 amide bonds. The quantitative estimate of drug-likeness (QED) is 0.370. The van der Waals surface area contributed by atoms with E-state index in [0.717, 1.165) is 0 Å². The maximum absolute atomic E-state index is 11.2. The van der Waals surface area contributed by atoms with Gasteiger partial charge < -0.3 is 4.74 Å². The monoisotopic (exact) mass is 321 g/mol. The maximum atomic E-state index is 11.2. The third-order valence-electron chi connectivity index (χ3n) is 2.17. The van der Waals surface area contributed by atoms with Crippen LogP contribution in [0.5, 0.6) is 0 Å². The van der Waals surface area contributed by atoms with E-state index in [1.807, 2.05) is 0 Å². The number of hydrogen-bond acceptors (Lipinski definition) is 4. The molecule has 7 heteroatoms. The number of halogens is 2. The number of alkyl halides is 1. The number of esters is 1. The number of nitrogens with zero attached hydrogens (tertiary/aromatic N) is 1. The smallest absolute Gasteiger partial charge is 0.309 e. The summed E-state index contributed by atoms with van der Waals surface area (Å²) in [5.74, 6) is -0.419. The van der Waals surface area contributed by atoms with Crippen molar-refractivity contribution in [3.63, 3.8) is 0 Å². The highest BCUT2D eigenvalue weighted by atomic mass is 79.9. The number of hydrogen-bond donors (Lipinski definition) is 0. The Hall–Kier alpha value is -1.14. The summed E-state index contributed by atoms with van der Waals surface area (Å²) < 4.78 is 4.54. The van der Waals surface area contributed by atoms with Gasteiger partial charge in [-0.2, -0.15) is 0 Å². The number of ether oxygens (including phenoxy) is 1. The van der Waals surface area contributed by atoms with E-state index in [2.05, 4.69) is 20.7 Å². The molecule has 0 radical (unpaired) electrons. The van der Waals surface area contributed by atoms with Crippen LogP contribution in [0.4, 0.5) is 5.69 Å². The van der Waals surface area contributed by atoms with E-state index >= 15 is 0 Å². The first-order valence-electron chi connectivity index (χ1n) is 4.58.